The van der Waals surface area contributed by atoms with E-state index in [1.165, 1.54) is 19.7 Å². The summed E-state index contributed by atoms with van der Waals surface area (Å²) in [7, 11) is 1.46. The molecule has 1 heterocycles. The van der Waals surface area contributed by atoms with Crippen LogP contribution >= 0.6 is 0 Å². The van der Waals surface area contributed by atoms with E-state index in [2.05, 4.69) is 20.4 Å². The predicted molar refractivity (Wildman–Crippen MR) is 102 cm³/mol. The van der Waals surface area contributed by atoms with E-state index >= 15 is 0 Å². The Labute approximate surface area is 151 Å². The van der Waals surface area contributed by atoms with Gasteiger partial charge in [-0.1, -0.05) is 41.6 Å². The molecule has 0 aliphatic heterocycles. The smallest absolute Gasteiger partial charge is 0.144 e. The van der Waals surface area contributed by atoms with Gasteiger partial charge in [-0.15, -0.1) is 0 Å². The van der Waals surface area contributed by atoms with Crippen LogP contribution in [0.5, 0.6) is 5.75 Å². The van der Waals surface area contributed by atoms with Gasteiger partial charge in [0.2, 0.25) is 0 Å². The van der Waals surface area contributed by atoms with Crippen LogP contribution in [0.3, 0.4) is 0 Å². The molecule has 1 aromatic heterocycles. The number of rotatable bonds is 7. The molecular weight excluding hydrogens is 330 g/mol. The van der Waals surface area contributed by atoms with Gasteiger partial charge in [0.05, 0.1) is 11.8 Å². The molecule has 0 unspecified atom stereocenters. The fourth-order valence-electron chi connectivity index (χ4n) is 2.28. The maximum absolute atomic E-state index is 5.90. The van der Waals surface area contributed by atoms with Gasteiger partial charge in [0.1, 0.15) is 37.4 Å². The molecule has 0 saturated heterocycles. The van der Waals surface area contributed by atoms with Crippen LogP contribution in [0.1, 0.15) is 11.1 Å². The number of oxime groups is 1. The molecule has 132 valence electrons. The average Bonchev–Trinajstić information content (AvgIpc) is 2.67. The third-order valence-corrected chi connectivity index (χ3v) is 3.55. The molecule has 0 spiro atoms. The van der Waals surface area contributed by atoms with E-state index in [9.17, 15) is 0 Å². The Hall–Kier alpha value is -3.61. The third-order valence-electron chi connectivity index (χ3n) is 3.55. The van der Waals surface area contributed by atoms with Crippen molar-refractivity contribution in [2.75, 3.05) is 18.2 Å². The van der Waals surface area contributed by atoms with Gasteiger partial charge in [-0.05, 0) is 17.7 Å². The zero-order valence-electron chi connectivity index (χ0n) is 14.3. The Kier molecular flexibility index (Phi) is 5.61. The van der Waals surface area contributed by atoms with Gasteiger partial charge in [-0.2, -0.15) is 0 Å². The molecule has 7 heteroatoms. The SMILES string of the molecule is CON=Cc1c(N)ncnc1Nc1cccc(OCc2ccccc2)c1. The Morgan fingerprint density at radius 3 is 2.77 bits per heavy atom. The molecule has 3 rings (SSSR count). The summed E-state index contributed by atoms with van der Waals surface area (Å²) in [6.45, 7) is 0.497. The van der Waals surface area contributed by atoms with Crippen LogP contribution in [-0.2, 0) is 11.4 Å². The van der Waals surface area contributed by atoms with Crippen molar-refractivity contribution in [3.8, 4) is 5.75 Å². The zero-order valence-corrected chi connectivity index (χ0v) is 14.3. The third kappa shape index (κ3) is 4.47. The van der Waals surface area contributed by atoms with Crippen molar-refractivity contribution in [1.29, 1.82) is 0 Å². The summed E-state index contributed by atoms with van der Waals surface area (Å²) < 4.78 is 5.85. The van der Waals surface area contributed by atoms with Gasteiger partial charge in [0.15, 0.2) is 0 Å². The van der Waals surface area contributed by atoms with Crippen molar-refractivity contribution in [2.45, 2.75) is 6.61 Å². The van der Waals surface area contributed by atoms with Gasteiger partial charge >= 0.3 is 0 Å². The summed E-state index contributed by atoms with van der Waals surface area (Å²) >= 11 is 0. The first-order chi connectivity index (χ1) is 12.8. The number of hydrogen-bond donors (Lipinski definition) is 2. The molecule has 2 aromatic carbocycles. The number of anilines is 3. The molecule has 3 aromatic rings. The summed E-state index contributed by atoms with van der Waals surface area (Å²) in [5, 5.41) is 6.94. The quantitative estimate of drug-likeness (QED) is 0.502. The van der Waals surface area contributed by atoms with E-state index in [0.29, 0.717) is 23.8 Å². The molecule has 7 nitrogen and oxygen atoms in total. The normalized spacial score (nSPS) is 10.7. The second kappa shape index (κ2) is 8.48. The number of nitrogens with zero attached hydrogens (tertiary/aromatic N) is 3. The number of nitrogens with two attached hydrogens (primary N) is 1. The van der Waals surface area contributed by atoms with E-state index in [1.54, 1.807) is 0 Å². The summed E-state index contributed by atoms with van der Waals surface area (Å²) in [5.41, 5.74) is 8.35. The first-order valence-corrected chi connectivity index (χ1v) is 7.97. The highest BCUT2D eigenvalue weighted by molar-refractivity contribution is 5.92. The van der Waals surface area contributed by atoms with E-state index in [4.69, 9.17) is 15.3 Å². The first kappa shape index (κ1) is 17.2. The van der Waals surface area contributed by atoms with Crippen LogP contribution < -0.4 is 15.8 Å². The fraction of sp³-hybridized carbons (Fsp3) is 0.105. The minimum absolute atomic E-state index is 0.305. The molecule has 3 N–H and O–H groups in total. The number of benzene rings is 2. The van der Waals surface area contributed by atoms with Crippen molar-refractivity contribution >= 4 is 23.5 Å². The van der Waals surface area contributed by atoms with Crippen molar-refractivity contribution < 1.29 is 9.57 Å². The molecule has 0 aliphatic carbocycles. The number of ether oxygens (including phenoxy) is 1. The number of hydrogen-bond acceptors (Lipinski definition) is 7. The molecule has 0 bridgehead atoms. The maximum atomic E-state index is 5.90. The maximum Gasteiger partial charge on any atom is 0.144 e. The Morgan fingerprint density at radius 2 is 1.96 bits per heavy atom. The van der Waals surface area contributed by atoms with E-state index < -0.39 is 0 Å². The average molecular weight is 349 g/mol. The van der Waals surface area contributed by atoms with Crippen LogP contribution in [0.25, 0.3) is 0 Å². The predicted octanol–water partition coefficient (Wildman–Crippen LogP) is 3.36. The molecule has 26 heavy (non-hydrogen) atoms. The monoisotopic (exact) mass is 349 g/mol. The first-order valence-electron chi connectivity index (χ1n) is 7.97. The molecular formula is C19H19N5O2. The lowest BCUT2D eigenvalue weighted by Gasteiger charge is -2.11. The Bertz CT molecular complexity index is 884. The van der Waals surface area contributed by atoms with Gasteiger partial charge < -0.3 is 20.6 Å². The van der Waals surface area contributed by atoms with Crippen LogP contribution in [0.15, 0.2) is 66.1 Å². The van der Waals surface area contributed by atoms with Crippen molar-refractivity contribution in [1.82, 2.24) is 9.97 Å². The lowest BCUT2D eigenvalue weighted by atomic mass is 10.2. The molecule has 0 aliphatic rings. The molecule has 0 amide bonds. The summed E-state index contributed by atoms with van der Waals surface area (Å²) in [5.74, 6) is 1.58. The van der Waals surface area contributed by atoms with Crippen LogP contribution in [-0.4, -0.2) is 23.3 Å². The lowest BCUT2D eigenvalue weighted by molar-refractivity contribution is 0.215. The summed E-state index contributed by atoms with van der Waals surface area (Å²) in [6, 6.07) is 17.6. The molecule has 0 saturated carbocycles. The highest BCUT2D eigenvalue weighted by atomic mass is 16.6. The number of nitrogens with one attached hydrogen (secondary N) is 1. The Balaban J connectivity index is 1.75. The highest BCUT2D eigenvalue weighted by Crippen LogP contribution is 2.24. The van der Waals surface area contributed by atoms with E-state index in [0.717, 1.165) is 17.0 Å². The van der Waals surface area contributed by atoms with Gasteiger partial charge in [-0.25, -0.2) is 9.97 Å². The standard InChI is InChI=1S/C19H19N5O2/c1-25-23-11-17-18(20)21-13-22-19(17)24-15-8-5-9-16(10-15)26-12-14-6-3-2-4-7-14/h2-11,13H,12H2,1H3,(H3,20,21,22,24). The van der Waals surface area contributed by atoms with E-state index in [1.807, 2.05) is 54.6 Å². The van der Waals surface area contributed by atoms with E-state index in [-0.39, 0.29) is 0 Å². The summed E-state index contributed by atoms with van der Waals surface area (Å²) in [6.07, 6.45) is 2.85. The van der Waals surface area contributed by atoms with Gasteiger partial charge in [0.25, 0.3) is 0 Å². The van der Waals surface area contributed by atoms with Crippen molar-refractivity contribution in [3.63, 3.8) is 0 Å². The minimum atomic E-state index is 0.305. The second-order valence-corrected chi connectivity index (χ2v) is 5.37. The zero-order chi connectivity index (χ0) is 18.2. The second-order valence-electron chi connectivity index (χ2n) is 5.37. The molecule has 0 atom stereocenters. The van der Waals surface area contributed by atoms with Crippen LogP contribution in [0.4, 0.5) is 17.3 Å². The number of nitrogen functional groups attached to an aromatic ring is 1. The lowest BCUT2D eigenvalue weighted by Crippen LogP contribution is -2.05. The number of aromatic nitrogens is 2. The van der Waals surface area contributed by atoms with Gasteiger partial charge in [-0.3, -0.25) is 0 Å². The van der Waals surface area contributed by atoms with Crippen LogP contribution in [0.2, 0.25) is 0 Å². The minimum Gasteiger partial charge on any atom is -0.489 e. The van der Waals surface area contributed by atoms with Crippen molar-refractivity contribution in [3.05, 3.63) is 72.1 Å². The topological polar surface area (TPSA) is 94.7 Å². The summed E-state index contributed by atoms with van der Waals surface area (Å²) in [4.78, 5) is 12.9. The highest BCUT2D eigenvalue weighted by Gasteiger charge is 2.08. The Morgan fingerprint density at radius 1 is 1.12 bits per heavy atom. The van der Waals surface area contributed by atoms with Crippen molar-refractivity contribution in [2.24, 2.45) is 5.16 Å². The molecule has 0 radical (unpaired) electrons. The fourth-order valence-corrected chi connectivity index (χ4v) is 2.28. The molecule has 0 fully saturated rings. The largest absolute Gasteiger partial charge is 0.489 e. The van der Waals surface area contributed by atoms with Crippen LogP contribution in [0, 0.1) is 0 Å². The van der Waals surface area contributed by atoms with Gasteiger partial charge in [0, 0.05) is 11.8 Å².